The molecule has 1 atom stereocenters. The van der Waals surface area contributed by atoms with Crippen LogP contribution in [0.25, 0.3) is 11.5 Å². The van der Waals surface area contributed by atoms with Crippen molar-refractivity contribution in [1.82, 2.24) is 15.5 Å². The quantitative estimate of drug-likeness (QED) is 0.879. The topological polar surface area (TPSA) is 89.3 Å². The Hall–Kier alpha value is -2.41. The van der Waals surface area contributed by atoms with E-state index in [1.807, 2.05) is 26.0 Å². The average Bonchev–Trinajstić information content (AvgIpc) is 3.25. The van der Waals surface area contributed by atoms with Gasteiger partial charge in [-0.25, -0.2) is 4.79 Å². The molecule has 1 aromatic heterocycles. The Balaban J connectivity index is 1.54. The number of anilines is 1. The van der Waals surface area contributed by atoms with Gasteiger partial charge in [-0.15, -0.1) is 0 Å². The van der Waals surface area contributed by atoms with E-state index in [2.05, 4.69) is 20.8 Å². The number of hydrogen-bond donors (Lipinski definition) is 2. The number of benzene rings is 1. The maximum Gasteiger partial charge on any atom is 0.319 e. The minimum absolute atomic E-state index is 0.130. The molecule has 7 heteroatoms. The van der Waals surface area contributed by atoms with Crippen molar-refractivity contribution in [3.8, 4) is 11.5 Å². The van der Waals surface area contributed by atoms with Gasteiger partial charge in [0.25, 0.3) is 5.89 Å². The van der Waals surface area contributed by atoms with E-state index in [9.17, 15) is 4.79 Å². The number of carbonyl (C=O) groups is 1. The van der Waals surface area contributed by atoms with Gasteiger partial charge in [-0.1, -0.05) is 19.0 Å². The number of ether oxygens (including phenoxy) is 1. The van der Waals surface area contributed by atoms with E-state index in [-0.39, 0.29) is 18.1 Å². The summed E-state index contributed by atoms with van der Waals surface area (Å²) in [6.07, 6.45) is 2.19. The van der Waals surface area contributed by atoms with Crippen molar-refractivity contribution in [1.29, 1.82) is 0 Å². The third-order valence-corrected chi connectivity index (χ3v) is 3.86. The molecular weight excluding hydrogens is 308 g/mol. The van der Waals surface area contributed by atoms with E-state index >= 15 is 0 Å². The molecule has 1 aliphatic rings. The van der Waals surface area contributed by atoms with Gasteiger partial charge in [0.2, 0.25) is 0 Å². The van der Waals surface area contributed by atoms with Crippen LogP contribution in [0.2, 0.25) is 0 Å². The third-order valence-electron chi connectivity index (χ3n) is 3.86. The second-order valence-electron chi connectivity index (χ2n) is 6.16. The Morgan fingerprint density at radius 1 is 1.33 bits per heavy atom. The summed E-state index contributed by atoms with van der Waals surface area (Å²) in [5.74, 6) is 1.38. The molecule has 128 valence electrons. The minimum Gasteiger partial charge on any atom is -0.376 e. The highest BCUT2D eigenvalue weighted by molar-refractivity contribution is 5.89. The number of nitrogens with zero attached hydrogens (tertiary/aromatic N) is 2. The summed E-state index contributed by atoms with van der Waals surface area (Å²) in [5, 5.41) is 9.56. The van der Waals surface area contributed by atoms with Crippen molar-refractivity contribution in [3.63, 3.8) is 0 Å². The number of nitrogens with one attached hydrogen (secondary N) is 2. The van der Waals surface area contributed by atoms with E-state index in [0.29, 0.717) is 23.9 Å². The Labute approximate surface area is 140 Å². The van der Waals surface area contributed by atoms with E-state index < -0.39 is 0 Å². The van der Waals surface area contributed by atoms with E-state index in [4.69, 9.17) is 9.26 Å². The molecule has 7 nitrogen and oxygen atoms in total. The lowest BCUT2D eigenvalue weighted by atomic mass is 10.2. The highest BCUT2D eigenvalue weighted by Crippen LogP contribution is 2.21. The lowest BCUT2D eigenvalue weighted by Crippen LogP contribution is -2.34. The predicted molar refractivity (Wildman–Crippen MR) is 89.8 cm³/mol. The normalized spacial score (nSPS) is 17.2. The highest BCUT2D eigenvalue weighted by atomic mass is 16.5. The molecule has 0 radical (unpaired) electrons. The van der Waals surface area contributed by atoms with E-state index in [1.165, 1.54) is 0 Å². The molecule has 3 rings (SSSR count). The molecule has 2 N–H and O–H groups in total. The molecule has 0 saturated carbocycles. The molecule has 1 saturated heterocycles. The summed E-state index contributed by atoms with van der Waals surface area (Å²) in [4.78, 5) is 16.2. The highest BCUT2D eigenvalue weighted by Gasteiger charge is 2.16. The van der Waals surface area contributed by atoms with Gasteiger partial charge in [0.1, 0.15) is 0 Å². The Kier molecular flexibility index (Phi) is 5.10. The zero-order chi connectivity index (χ0) is 16.9. The molecule has 0 bridgehead atoms. The average molecular weight is 330 g/mol. The van der Waals surface area contributed by atoms with Crippen LogP contribution >= 0.6 is 0 Å². The number of urea groups is 1. The van der Waals surface area contributed by atoms with Crippen LogP contribution in [-0.4, -0.2) is 35.4 Å². The van der Waals surface area contributed by atoms with Crippen LogP contribution in [0.3, 0.4) is 0 Å². The standard InChI is InChI=1S/C17H22N4O3/c1-11(2)15-20-16(24-21-15)12-5-7-13(8-6-12)19-17(22)18-10-14-4-3-9-23-14/h5-8,11,14H,3-4,9-10H2,1-2H3,(H2,18,19,22). The smallest absolute Gasteiger partial charge is 0.319 e. The molecule has 24 heavy (non-hydrogen) atoms. The second-order valence-corrected chi connectivity index (χ2v) is 6.16. The largest absolute Gasteiger partial charge is 0.376 e. The number of rotatable bonds is 5. The second kappa shape index (κ2) is 7.44. The maximum absolute atomic E-state index is 11.9. The van der Waals surface area contributed by atoms with Gasteiger partial charge in [0.15, 0.2) is 5.82 Å². The summed E-state index contributed by atoms with van der Waals surface area (Å²) >= 11 is 0. The van der Waals surface area contributed by atoms with Crippen molar-refractivity contribution in [2.45, 2.75) is 38.7 Å². The number of carbonyl (C=O) groups excluding carboxylic acids is 1. The van der Waals surface area contributed by atoms with E-state index in [0.717, 1.165) is 25.0 Å². The summed E-state index contributed by atoms with van der Waals surface area (Å²) in [6, 6.07) is 7.05. The summed E-state index contributed by atoms with van der Waals surface area (Å²) in [5.41, 5.74) is 1.52. The third kappa shape index (κ3) is 4.11. The van der Waals surface area contributed by atoms with Crippen molar-refractivity contribution >= 4 is 11.7 Å². The number of amides is 2. The summed E-state index contributed by atoms with van der Waals surface area (Å²) in [7, 11) is 0. The SMILES string of the molecule is CC(C)c1noc(-c2ccc(NC(=O)NCC3CCCO3)cc2)n1. The molecule has 1 unspecified atom stereocenters. The van der Waals surface area contributed by atoms with Crippen LogP contribution in [0.5, 0.6) is 0 Å². The molecule has 2 heterocycles. The zero-order valence-electron chi connectivity index (χ0n) is 13.9. The molecule has 1 aliphatic heterocycles. The van der Waals surface area contributed by atoms with Crippen molar-refractivity contribution in [3.05, 3.63) is 30.1 Å². The van der Waals surface area contributed by atoms with Crippen molar-refractivity contribution in [2.75, 3.05) is 18.5 Å². The van der Waals surface area contributed by atoms with Crippen LogP contribution in [0, 0.1) is 0 Å². The lowest BCUT2D eigenvalue weighted by molar-refractivity contribution is 0.112. The number of aromatic nitrogens is 2. The number of hydrogen-bond acceptors (Lipinski definition) is 5. The fourth-order valence-electron chi connectivity index (χ4n) is 2.47. The Morgan fingerprint density at radius 2 is 2.12 bits per heavy atom. The fourth-order valence-corrected chi connectivity index (χ4v) is 2.47. The fraction of sp³-hybridized carbons (Fsp3) is 0.471. The van der Waals surface area contributed by atoms with Gasteiger partial charge >= 0.3 is 6.03 Å². The van der Waals surface area contributed by atoms with Crippen LogP contribution < -0.4 is 10.6 Å². The molecule has 1 fully saturated rings. The predicted octanol–water partition coefficient (Wildman–Crippen LogP) is 3.16. The van der Waals surface area contributed by atoms with Gasteiger partial charge in [-0.3, -0.25) is 0 Å². The first-order valence-electron chi connectivity index (χ1n) is 8.22. The van der Waals surface area contributed by atoms with Crippen LogP contribution in [0.4, 0.5) is 10.5 Å². The van der Waals surface area contributed by atoms with Gasteiger partial charge in [-0.2, -0.15) is 4.98 Å². The van der Waals surface area contributed by atoms with Crippen LogP contribution in [0.1, 0.15) is 38.4 Å². The molecule has 2 amide bonds. The van der Waals surface area contributed by atoms with Crippen molar-refractivity contribution in [2.24, 2.45) is 0 Å². The van der Waals surface area contributed by atoms with Gasteiger partial charge in [0, 0.05) is 30.3 Å². The van der Waals surface area contributed by atoms with Gasteiger partial charge in [-0.05, 0) is 37.1 Å². The van der Waals surface area contributed by atoms with Crippen molar-refractivity contribution < 1.29 is 14.1 Å². The first-order valence-corrected chi connectivity index (χ1v) is 8.22. The zero-order valence-corrected chi connectivity index (χ0v) is 13.9. The Morgan fingerprint density at radius 3 is 2.75 bits per heavy atom. The molecule has 2 aromatic rings. The summed E-state index contributed by atoms with van der Waals surface area (Å²) < 4.78 is 10.7. The molecule has 1 aromatic carbocycles. The van der Waals surface area contributed by atoms with Crippen LogP contribution in [0.15, 0.2) is 28.8 Å². The maximum atomic E-state index is 11.9. The Bertz CT molecular complexity index is 675. The minimum atomic E-state index is -0.238. The monoisotopic (exact) mass is 330 g/mol. The van der Waals surface area contributed by atoms with E-state index in [1.54, 1.807) is 12.1 Å². The lowest BCUT2D eigenvalue weighted by Gasteiger charge is -2.11. The first kappa shape index (κ1) is 16.4. The van der Waals surface area contributed by atoms with Gasteiger partial charge < -0.3 is 19.9 Å². The molecule has 0 aliphatic carbocycles. The molecule has 0 spiro atoms. The first-order chi connectivity index (χ1) is 11.6. The summed E-state index contributed by atoms with van der Waals surface area (Å²) in [6.45, 7) is 5.33. The molecular formula is C17H22N4O3. The van der Waals surface area contributed by atoms with Crippen LogP contribution in [-0.2, 0) is 4.74 Å². The van der Waals surface area contributed by atoms with Gasteiger partial charge in [0.05, 0.1) is 6.10 Å².